The molecule has 4 nitrogen and oxygen atoms in total. The van der Waals surface area contributed by atoms with Gasteiger partial charge in [-0.05, 0) is 17.7 Å². The molecule has 20 heavy (non-hydrogen) atoms. The lowest BCUT2D eigenvalue weighted by molar-refractivity contribution is 0.102. The Morgan fingerprint density at radius 1 is 1.35 bits per heavy atom. The number of carbonyl (C=O) groups excluding carboxylic acids is 1. The molecule has 0 radical (unpaired) electrons. The minimum Gasteiger partial charge on any atom is -0.305 e. The van der Waals surface area contributed by atoms with Gasteiger partial charge in [-0.3, -0.25) is 9.89 Å². The van der Waals surface area contributed by atoms with Gasteiger partial charge in [-0.25, -0.2) is 0 Å². The fraction of sp³-hybridized carbons (Fsp3) is 0.333. The van der Waals surface area contributed by atoms with E-state index in [1.165, 1.54) is 0 Å². The van der Waals surface area contributed by atoms with Gasteiger partial charge in [0, 0.05) is 28.6 Å². The van der Waals surface area contributed by atoms with Gasteiger partial charge in [0.15, 0.2) is 5.82 Å². The summed E-state index contributed by atoms with van der Waals surface area (Å²) >= 11 is 5.77. The van der Waals surface area contributed by atoms with Gasteiger partial charge >= 0.3 is 0 Å². The van der Waals surface area contributed by atoms with Crippen molar-refractivity contribution in [3.05, 3.63) is 47.2 Å². The zero-order valence-corrected chi connectivity index (χ0v) is 12.6. The Labute approximate surface area is 123 Å². The predicted molar refractivity (Wildman–Crippen MR) is 81.2 cm³/mol. The molecule has 0 atom stereocenters. The molecule has 1 amide bonds. The van der Waals surface area contributed by atoms with Gasteiger partial charge in [0.1, 0.15) is 0 Å². The Hall–Kier alpha value is -1.81. The van der Waals surface area contributed by atoms with Crippen LogP contribution in [0.5, 0.6) is 0 Å². The standard InChI is InChI=1S/C15H18ClN3O/c1-15(2,3)12-8-13(19-18-12)17-14(20)11-6-4-5-10(7-11)9-16/h4-8H,9H2,1-3H3,(H2,17,18,19,20). The number of nitrogens with one attached hydrogen (secondary N) is 2. The van der Waals surface area contributed by atoms with Crippen LogP contribution >= 0.6 is 11.6 Å². The van der Waals surface area contributed by atoms with Crippen LogP contribution in [0.15, 0.2) is 30.3 Å². The van der Waals surface area contributed by atoms with Gasteiger partial charge in [0.25, 0.3) is 5.91 Å². The number of nitrogens with zero attached hydrogens (tertiary/aromatic N) is 1. The van der Waals surface area contributed by atoms with E-state index in [4.69, 9.17) is 11.6 Å². The maximum Gasteiger partial charge on any atom is 0.256 e. The molecule has 0 aliphatic rings. The lowest BCUT2D eigenvalue weighted by atomic mass is 9.92. The lowest BCUT2D eigenvalue weighted by Gasteiger charge is -2.14. The average Bonchev–Trinajstić information content (AvgIpc) is 2.87. The van der Waals surface area contributed by atoms with Crippen molar-refractivity contribution < 1.29 is 4.79 Å². The first kappa shape index (κ1) is 14.6. The van der Waals surface area contributed by atoms with Crippen LogP contribution in [0.25, 0.3) is 0 Å². The second kappa shape index (κ2) is 5.67. The highest BCUT2D eigenvalue weighted by molar-refractivity contribution is 6.17. The topological polar surface area (TPSA) is 57.8 Å². The molecule has 1 aromatic heterocycles. The monoisotopic (exact) mass is 291 g/mol. The van der Waals surface area contributed by atoms with Crippen molar-refractivity contribution in [1.82, 2.24) is 10.2 Å². The SMILES string of the molecule is CC(C)(C)c1cc(NC(=O)c2cccc(CCl)c2)n[nH]1. The molecule has 5 heteroatoms. The first-order chi connectivity index (χ1) is 9.40. The summed E-state index contributed by atoms with van der Waals surface area (Å²) in [5.41, 5.74) is 2.43. The van der Waals surface area contributed by atoms with Crippen LogP contribution in [0, 0.1) is 0 Å². The minimum absolute atomic E-state index is 0.0332. The first-order valence-electron chi connectivity index (χ1n) is 6.42. The highest BCUT2D eigenvalue weighted by atomic mass is 35.5. The second-order valence-electron chi connectivity index (χ2n) is 5.70. The van der Waals surface area contributed by atoms with Gasteiger partial charge in [0.2, 0.25) is 0 Å². The molecule has 0 bridgehead atoms. The molecule has 0 unspecified atom stereocenters. The number of H-pyrrole nitrogens is 1. The van der Waals surface area contributed by atoms with Crippen molar-refractivity contribution in [3.8, 4) is 0 Å². The minimum atomic E-state index is -0.191. The van der Waals surface area contributed by atoms with Gasteiger partial charge in [-0.1, -0.05) is 32.9 Å². The van der Waals surface area contributed by atoms with Crippen LogP contribution in [-0.2, 0) is 11.3 Å². The van der Waals surface area contributed by atoms with Crippen molar-refractivity contribution >= 4 is 23.3 Å². The smallest absolute Gasteiger partial charge is 0.256 e. The summed E-state index contributed by atoms with van der Waals surface area (Å²) in [6, 6.07) is 9.08. The number of aromatic amines is 1. The van der Waals surface area contributed by atoms with Crippen LogP contribution < -0.4 is 5.32 Å². The number of hydrogen-bond donors (Lipinski definition) is 2. The molecule has 2 aromatic rings. The fourth-order valence-corrected chi connectivity index (χ4v) is 1.92. The predicted octanol–water partition coefficient (Wildman–Crippen LogP) is 3.70. The highest BCUT2D eigenvalue weighted by Crippen LogP contribution is 2.22. The first-order valence-corrected chi connectivity index (χ1v) is 6.96. The average molecular weight is 292 g/mol. The summed E-state index contributed by atoms with van der Waals surface area (Å²) in [4.78, 5) is 12.1. The largest absolute Gasteiger partial charge is 0.305 e. The number of amides is 1. The summed E-state index contributed by atoms with van der Waals surface area (Å²) in [5, 5.41) is 9.82. The summed E-state index contributed by atoms with van der Waals surface area (Å²) in [6.45, 7) is 6.24. The Bertz CT molecular complexity index is 614. The number of hydrogen-bond acceptors (Lipinski definition) is 2. The molecule has 1 aromatic carbocycles. The van der Waals surface area contributed by atoms with E-state index in [0.29, 0.717) is 17.3 Å². The third-order valence-corrected chi connectivity index (χ3v) is 3.28. The maximum atomic E-state index is 12.1. The number of rotatable bonds is 3. The van der Waals surface area contributed by atoms with Crippen LogP contribution in [0.3, 0.4) is 0 Å². The number of aromatic nitrogens is 2. The van der Waals surface area contributed by atoms with Gasteiger partial charge in [-0.2, -0.15) is 5.10 Å². The van der Waals surface area contributed by atoms with Crippen LogP contribution in [0.4, 0.5) is 5.82 Å². The van der Waals surface area contributed by atoms with Crippen molar-refractivity contribution in [2.45, 2.75) is 32.1 Å². The number of benzene rings is 1. The molecular formula is C15H18ClN3O. The van der Waals surface area contributed by atoms with Crippen molar-refractivity contribution in [1.29, 1.82) is 0 Å². The second-order valence-corrected chi connectivity index (χ2v) is 5.97. The number of halogens is 1. The Kier molecular flexibility index (Phi) is 4.14. The van der Waals surface area contributed by atoms with Gasteiger partial charge in [0.05, 0.1) is 0 Å². The molecule has 0 aliphatic carbocycles. The third-order valence-electron chi connectivity index (χ3n) is 2.97. The highest BCUT2D eigenvalue weighted by Gasteiger charge is 2.17. The van der Waals surface area contributed by atoms with E-state index in [9.17, 15) is 4.79 Å². The molecule has 1 heterocycles. The van der Waals surface area contributed by atoms with E-state index in [1.807, 2.05) is 18.2 Å². The molecule has 0 aliphatic heterocycles. The van der Waals surface area contributed by atoms with E-state index in [1.54, 1.807) is 12.1 Å². The zero-order chi connectivity index (χ0) is 14.8. The molecular weight excluding hydrogens is 274 g/mol. The normalized spacial score (nSPS) is 11.4. The number of carbonyl (C=O) groups is 1. The zero-order valence-electron chi connectivity index (χ0n) is 11.8. The summed E-state index contributed by atoms with van der Waals surface area (Å²) < 4.78 is 0. The molecule has 0 saturated carbocycles. The fourth-order valence-electron chi connectivity index (χ4n) is 1.75. The van der Waals surface area contributed by atoms with Crippen LogP contribution in [0.1, 0.15) is 42.4 Å². The van der Waals surface area contributed by atoms with E-state index >= 15 is 0 Å². The maximum absolute atomic E-state index is 12.1. The van der Waals surface area contributed by atoms with Crippen LogP contribution in [-0.4, -0.2) is 16.1 Å². The molecule has 0 saturated heterocycles. The molecule has 0 spiro atoms. The molecule has 0 fully saturated rings. The van der Waals surface area contributed by atoms with E-state index in [-0.39, 0.29) is 11.3 Å². The van der Waals surface area contributed by atoms with Crippen molar-refractivity contribution in [2.24, 2.45) is 0 Å². The summed E-state index contributed by atoms with van der Waals surface area (Å²) in [5.74, 6) is 0.720. The van der Waals surface area contributed by atoms with Crippen molar-refractivity contribution in [2.75, 3.05) is 5.32 Å². The molecule has 2 rings (SSSR count). The third kappa shape index (κ3) is 3.39. The Balaban J connectivity index is 2.13. The Morgan fingerprint density at radius 3 is 2.70 bits per heavy atom. The number of alkyl halides is 1. The van der Waals surface area contributed by atoms with E-state index in [2.05, 4.69) is 36.3 Å². The van der Waals surface area contributed by atoms with E-state index in [0.717, 1.165) is 11.3 Å². The summed E-state index contributed by atoms with van der Waals surface area (Å²) in [6.07, 6.45) is 0. The lowest BCUT2D eigenvalue weighted by Crippen LogP contribution is -2.12. The van der Waals surface area contributed by atoms with Crippen LogP contribution in [0.2, 0.25) is 0 Å². The molecule has 106 valence electrons. The summed E-state index contributed by atoms with van der Waals surface area (Å²) in [7, 11) is 0. The van der Waals surface area contributed by atoms with Gasteiger partial charge < -0.3 is 5.32 Å². The molecule has 2 N–H and O–H groups in total. The van der Waals surface area contributed by atoms with Gasteiger partial charge in [-0.15, -0.1) is 11.6 Å². The van der Waals surface area contributed by atoms with E-state index < -0.39 is 0 Å². The van der Waals surface area contributed by atoms with Crippen molar-refractivity contribution in [3.63, 3.8) is 0 Å². The Morgan fingerprint density at radius 2 is 2.10 bits per heavy atom. The quantitative estimate of drug-likeness (QED) is 0.847. The number of anilines is 1.